The van der Waals surface area contributed by atoms with E-state index in [-0.39, 0.29) is 18.3 Å². The Balaban J connectivity index is 1.48. The van der Waals surface area contributed by atoms with E-state index in [0.29, 0.717) is 23.7 Å². The maximum atomic E-state index is 12.9. The molecule has 1 N–H and O–H groups in total. The fourth-order valence-electron chi connectivity index (χ4n) is 2.38. The number of carbonyl (C=O) groups excluding carboxylic acids is 1. The average molecular weight is 351 g/mol. The van der Waals surface area contributed by atoms with Gasteiger partial charge in [-0.25, -0.2) is 4.39 Å². The van der Waals surface area contributed by atoms with Gasteiger partial charge in [-0.3, -0.25) is 4.79 Å². The van der Waals surface area contributed by atoms with Crippen LogP contribution >= 0.6 is 0 Å². The van der Waals surface area contributed by atoms with Crippen LogP contribution in [-0.2, 0) is 0 Å². The number of aromatic nitrogens is 2. The topological polar surface area (TPSA) is 64.1 Å². The average Bonchev–Trinajstić information content (AvgIpc) is 2.66. The van der Waals surface area contributed by atoms with E-state index < -0.39 is 0 Å². The van der Waals surface area contributed by atoms with Gasteiger partial charge in [0, 0.05) is 17.2 Å². The lowest BCUT2D eigenvalue weighted by atomic mass is 10.1. The van der Waals surface area contributed by atoms with E-state index in [1.165, 1.54) is 12.1 Å². The molecule has 0 radical (unpaired) electrons. The summed E-state index contributed by atoms with van der Waals surface area (Å²) in [5.41, 5.74) is 3.06. The molecular weight excluding hydrogens is 333 g/mol. The molecule has 0 bridgehead atoms. The molecule has 1 amide bonds. The van der Waals surface area contributed by atoms with Crippen molar-refractivity contribution in [3.8, 4) is 17.1 Å². The molecule has 0 aliphatic heterocycles. The molecule has 3 aromatic rings. The van der Waals surface area contributed by atoms with Crippen LogP contribution in [0.1, 0.15) is 15.9 Å². The molecule has 0 fully saturated rings. The SMILES string of the molecule is Cc1cccc(C(=O)NCCOc2ccc(-c3ccc(F)cc3)nn2)c1. The van der Waals surface area contributed by atoms with Gasteiger partial charge in [0.2, 0.25) is 5.88 Å². The van der Waals surface area contributed by atoms with Gasteiger partial charge in [0.05, 0.1) is 12.2 Å². The maximum absolute atomic E-state index is 12.9. The second kappa shape index (κ2) is 8.20. The fraction of sp³-hybridized carbons (Fsp3) is 0.150. The minimum absolute atomic E-state index is 0.143. The third-order valence-electron chi connectivity index (χ3n) is 3.70. The highest BCUT2D eigenvalue weighted by Crippen LogP contribution is 2.18. The van der Waals surface area contributed by atoms with E-state index in [1.54, 1.807) is 30.3 Å². The number of nitrogens with one attached hydrogen (secondary N) is 1. The van der Waals surface area contributed by atoms with Gasteiger partial charge in [-0.05, 0) is 49.4 Å². The highest BCUT2D eigenvalue weighted by atomic mass is 19.1. The number of carbonyl (C=O) groups is 1. The molecule has 0 spiro atoms. The summed E-state index contributed by atoms with van der Waals surface area (Å²) in [5, 5.41) is 10.8. The molecule has 0 aliphatic rings. The van der Waals surface area contributed by atoms with Gasteiger partial charge < -0.3 is 10.1 Å². The Hall–Kier alpha value is -3.28. The summed E-state index contributed by atoms with van der Waals surface area (Å²) in [6.07, 6.45) is 0. The van der Waals surface area contributed by atoms with Gasteiger partial charge in [0.15, 0.2) is 0 Å². The Labute approximate surface area is 150 Å². The lowest BCUT2D eigenvalue weighted by Gasteiger charge is -2.08. The van der Waals surface area contributed by atoms with Crippen LogP contribution in [0.3, 0.4) is 0 Å². The van der Waals surface area contributed by atoms with Crippen LogP contribution in [0.15, 0.2) is 60.7 Å². The van der Waals surface area contributed by atoms with E-state index in [0.717, 1.165) is 11.1 Å². The molecule has 3 rings (SSSR count). The number of halogens is 1. The van der Waals surface area contributed by atoms with Crippen LogP contribution < -0.4 is 10.1 Å². The number of amides is 1. The van der Waals surface area contributed by atoms with Gasteiger partial charge in [-0.2, -0.15) is 0 Å². The van der Waals surface area contributed by atoms with Crippen molar-refractivity contribution in [2.45, 2.75) is 6.92 Å². The Morgan fingerprint density at radius 2 is 1.88 bits per heavy atom. The van der Waals surface area contributed by atoms with Crippen molar-refractivity contribution in [2.24, 2.45) is 0 Å². The molecule has 0 saturated carbocycles. The predicted molar refractivity (Wildman–Crippen MR) is 96.4 cm³/mol. The van der Waals surface area contributed by atoms with Gasteiger partial charge in [0.1, 0.15) is 12.4 Å². The van der Waals surface area contributed by atoms with Crippen LogP contribution in [-0.4, -0.2) is 29.3 Å². The first kappa shape index (κ1) is 17.5. The van der Waals surface area contributed by atoms with Crippen LogP contribution in [0.2, 0.25) is 0 Å². The highest BCUT2D eigenvalue weighted by Gasteiger charge is 2.05. The van der Waals surface area contributed by atoms with Crippen molar-refractivity contribution in [2.75, 3.05) is 13.2 Å². The summed E-state index contributed by atoms with van der Waals surface area (Å²) in [5.74, 6) is -0.0786. The summed E-state index contributed by atoms with van der Waals surface area (Å²) < 4.78 is 18.4. The monoisotopic (exact) mass is 351 g/mol. The Morgan fingerprint density at radius 1 is 1.08 bits per heavy atom. The van der Waals surface area contributed by atoms with E-state index in [2.05, 4.69) is 15.5 Å². The largest absolute Gasteiger partial charge is 0.475 e. The van der Waals surface area contributed by atoms with E-state index in [1.807, 2.05) is 25.1 Å². The number of ether oxygens (including phenoxy) is 1. The van der Waals surface area contributed by atoms with Crippen molar-refractivity contribution in [1.82, 2.24) is 15.5 Å². The first-order valence-electron chi connectivity index (χ1n) is 8.19. The zero-order valence-electron chi connectivity index (χ0n) is 14.3. The van der Waals surface area contributed by atoms with Crippen molar-refractivity contribution < 1.29 is 13.9 Å². The molecule has 5 nitrogen and oxygen atoms in total. The minimum atomic E-state index is -0.297. The number of benzene rings is 2. The van der Waals surface area contributed by atoms with Gasteiger partial charge in [-0.1, -0.05) is 17.7 Å². The lowest BCUT2D eigenvalue weighted by molar-refractivity contribution is 0.0946. The number of hydrogen-bond donors (Lipinski definition) is 1. The third-order valence-corrected chi connectivity index (χ3v) is 3.70. The molecule has 26 heavy (non-hydrogen) atoms. The molecule has 0 aliphatic carbocycles. The highest BCUT2D eigenvalue weighted by molar-refractivity contribution is 5.94. The van der Waals surface area contributed by atoms with Crippen LogP contribution in [0, 0.1) is 12.7 Å². The fourth-order valence-corrected chi connectivity index (χ4v) is 2.38. The predicted octanol–water partition coefficient (Wildman–Crippen LogP) is 3.40. The lowest BCUT2D eigenvalue weighted by Crippen LogP contribution is -2.28. The minimum Gasteiger partial charge on any atom is -0.475 e. The van der Waals surface area contributed by atoms with Gasteiger partial charge in [-0.15, -0.1) is 10.2 Å². The summed E-state index contributed by atoms with van der Waals surface area (Å²) in [7, 11) is 0. The summed E-state index contributed by atoms with van der Waals surface area (Å²) in [6, 6.07) is 16.8. The summed E-state index contributed by atoms with van der Waals surface area (Å²) in [6.45, 7) is 2.57. The Bertz CT molecular complexity index is 880. The van der Waals surface area contributed by atoms with Crippen molar-refractivity contribution in [3.63, 3.8) is 0 Å². The first-order valence-corrected chi connectivity index (χ1v) is 8.19. The summed E-state index contributed by atoms with van der Waals surface area (Å²) in [4.78, 5) is 12.0. The van der Waals surface area contributed by atoms with E-state index >= 15 is 0 Å². The molecule has 2 aromatic carbocycles. The van der Waals surface area contributed by atoms with Gasteiger partial charge >= 0.3 is 0 Å². The summed E-state index contributed by atoms with van der Waals surface area (Å²) >= 11 is 0. The maximum Gasteiger partial charge on any atom is 0.251 e. The zero-order valence-corrected chi connectivity index (χ0v) is 14.3. The first-order chi connectivity index (χ1) is 12.6. The van der Waals surface area contributed by atoms with Crippen molar-refractivity contribution >= 4 is 5.91 Å². The van der Waals surface area contributed by atoms with E-state index in [9.17, 15) is 9.18 Å². The van der Waals surface area contributed by atoms with Gasteiger partial charge in [0.25, 0.3) is 5.91 Å². The molecule has 1 aromatic heterocycles. The Morgan fingerprint density at radius 3 is 2.58 bits per heavy atom. The number of hydrogen-bond acceptors (Lipinski definition) is 4. The third kappa shape index (κ3) is 4.63. The molecule has 132 valence electrons. The number of nitrogens with zero attached hydrogens (tertiary/aromatic N) is 2. The normalized spacial score (nSPS) is 10.4. The van der Waals surface area contributed by atoms with E-state index in [4.69, 9.17) is 4.74 Å². The second-order valence-corrected chi connectivity index (χ2v) is 5.74. The smallest absolute Gasteiger partial charge is 0.251 e. The Kier molecular flexibility index (Phi) is 5.53. The quantitative estimate of drug-likeness (QED) is 0.692. The number of rotatable bonds is 6. The molecule has 0 unspecified atom stereocenters. The van der Waals surface area contributed by atoms with Crippen LogP contribution in [0.5, 0.6) is 5.88 Å². The van der Waals surface area contributed by atoms with Crippen LogP contribution in [0.25, 0.3) is 11.3 Å². The second-order valence-electron chi connectivity index (χ2n) is 5.74. The molecule has 6 heteroatoms. The zero-order chi connectivity index (χ0) is 18.4. The van der Waals surface area contributed by atoms with Crippen molar-refractivity contribution in [3.05, 3.63) is 77.6 Å². The van der Waals surface area contributed by atoms with Crippen LogP contribution in [0.4, 0.5) is 4.39 Å². The molecule has 0 atom stereocenters. The van der Waals surface area contributed by atoms with Crippen molar-refractivity contribution in [1.29, 1.82) is 0 Å². The molecular formula is C20H18FN3O2. The number of aryl methyl sites for hydroxylation is 1. The molecule has 1 heterocycles. The standard InChI is InChI=1S/C20H18FN3O2/c1-14-3-2-4-16(13-14)20(25)22-11-12-26-19-10-9-18(23-24-19)15-5-7-17(21)8-6-15/h2-10,13H,11-12H2,1H3,(H,22,25). The molecule has 0 saturated heterocycles.